The van der Waals surface area contributed by atoms with E-state index >= 15 is 0 Å². The second-order valence-corrected chi connectivity index (χ2v) is 8.03. The molecule has 0 spiro atoms. The number of rotatable bonds is 4. The van der Waals surface area contributed by atoms with Crippen molar-refractivity contribution in [3.05, 3.63) is 0 Å². The van der Waals surface area contributed by atoms with Gasteiger partial charge in [0.2, 0.25) is 6.08 Å². The Kier molecular flexibility index (Phi) is 6.56. The number of hydrogen-bond acceptors (Lipinski definition) is 5. The van der Waals surface area contributed by atoms with E-state index in [4.69, 9.17) is 0 Å². The average Bonchev–Trinajstić information content (AvgIpc) is 1.85. The molecule has 1 atom stereocenters. The molecular formula is C3H7NO2S2Si. The van der Waals surface area contributed by atoms with Gasteiger partial charge in [0.1, 0.15) is 0 Å². The minimum atomic E-state index is -1.26. The summed E-state index contributed by atoms with van der Waals surface area (Å²) < 4.78 is 8.24. The van der Waals surface area contributed by atoms with Crippen LogP contribution in [0.15, 0.2) is 4.66 Å². The summed E-state index contributed by atoms with van der Waals surface area (Å²) in [4.78, 5) is 9.66. The van der Waals surface area contributed by atoms with Gasteiger partial charge in [0.05, 0.1) is 18.2 Å². The summed E-state index contributed by atoms with van der Waals surface area (Å²) in [6, 6.07) is 0. The summed E-state index contributed by atoms with van der Waals surface area (Å²) in [5.74, 6) is 0. The quantitative estimate of drug-likeness (QED) is 0.214. The molecule has 0 saturated carbocycles. The van der Waals surface area contributed by atoms with Crippen LogP contribution in [0.2, 0.25) is 6.55 Å². The van der Waals surface area contributed by atoms with Crippen molar-refractivity contribution in [2.45, 2.75) is 6.55 Å². The van der Waals surface area contributed by atoms with Crippen molar-refractivity contribution < 1.29 is 8.98 Å². The molecule has 0 saturated heterocycles. The minimum absolute atomic E-state index is 1.26. The Bertz CT molecular complexity index is 116. The molecular weight excluding hydrogens is 174 g/mol. The van der Waals surface area contributed by atoms with E-state index in [0.717, 1.165) is 0 Å². The molecule has 1 unspecified atom stereocenters. The molecule has 0 heterocycles. The van der Waals surface area contributed by atoms with Crippen LogP contribution in [0.3, 0.4) is 0 Å². The maximum absolute atomic E-state index is 9.66. The molecule has 9 heavy (non-hydrogen) atoms. The molecule has 0 radical (unpaired) electrons. The van der Waals surface area contributed by atoms with Crippen molar-refractivity contribution in [2.24, 2.45) is 4.66 Å². The lowest BCUT2D eigenvalue weighted by atomic mass is 11.7. The number of hydrogen-bond donors (Lipinski definition) is 0. The Hall–Kier alpha value is 0.257. The highest BCUT2D eigenvalue weighted by Crippen LogP contribution is 2.24. The molecule has 0 fully saturated rings. The van der Waals surface area contributed by atoms with Crippen LogP contribution < -0.4 is 0 Å². The van der Waals surface area contributed by atoms with Gasteiger partial charge >= 0.3 is 0 Å². The summed E-state index contributed by atoms with van der Waals surface area (Å²) in [6.45, 7) is 1.93. The summed E-state index contributed by atoms with van der Waals surface area (Å²) in [6.07, 6.45) is 1.52. The zero-order valence-corrected chi connectivity index (χ0v) is 7.95. The first-order chi connectivity index (χ1) is 4.31. The Morgan fingerprint density at radius 2 is 2.44 bits per heavy atom. The SMILES string of the molecule is COSS[SiH](C)N=C=O. The molecule has 0 amide bonds. The van der Waals surface area contributed by atoms with Crippen molar-refractivity contribution in [3.63, 3.8) is 0 Å². The second kappa shape index (κ2) is 6.38. The zero-order valence-electron chi connectivity index (χ0n) is 5.16. The van der Waals surface area contributed by atoms with Crippen LogP contribution in [0.1, 0.15) is 0 Å². The fourth-order valence-corrected chi connectivity index (χ4v) is 3.53. The zero-order chi connectivity index (χ0) is 7.11. The Morgan fingerprint density at radius 1 is 1.78 bits per heavy atom. The standard InChI is InChI=1S/C3H7NO2S2Si/c1-6-7-8-9(2)4-3-5/h9H,1-2H3. The third-order valence-corrected chi connectivity index (χ3v) is 6.45. The Labute approximate surface area is 63.2 Å². The van der Waals surface area contributed by atoms with Gasteiger partial charge in [0.25, 0.3) is 8.11 Å². The van der Waals surface area contributed by atoms with Crippen LogP contribution in [0.4, 0.5) is 0 Å². The molecule has 0 aromatic carbocycles. The lowest BCUT2D eigenvalue weighted by Crippen LogP contribution is -1.92. The first-order valence-electron chi connectivity index (χ1n) is 2.24. The molecule has 0 N–H and O–H groups in total. The van der Waals surface area contributed by atoms with Crippen LogP contribution in [0.25, 0.3) is 0 Å². The molecule has 0 aromatic rings. The van der Waals surface area contributed by atoms with Crippen molar-refractivity contribution in [2.75, 3.05) is 7.11 Å². The van der Waals surface area contributed by atoms with Gasteiger partial charge in [-0.3, -0.25) is 0 Å². The largest absolute Gasteiger partial charge is 0.309 e. The van der Waals surface area contributed by atoms with Gasteiger partial charge in [0, 0.05) is 0 Å². The maximum atomic E-state index is 9.66. The Balaban J connectivity index is 3.26. The molecule has 0 aliphatic rings. The second-order valence-electron chi connectivity index (χ2n) is 1.15. The van der Waals surface area contributed by atoms with E-state index in [-0.39, 0.29) is 0 Å². The van der Waals surface area contributed by atoms with Gasteiger partial charge < -0.3 is 4.18 Å². The summed E-state index contributed by atoms with van der Waals surface area (Å²) in [5, 5.41) is 0. The highest BCUT2D eigenvalue weighted by molar-refractivity contribution is 8.84. The molecule has 6 heteroatoms. The van der Waals surface area contributed by atoms with Crippen LogP contribution >= 0.6 is 21.3 Å². The average molecular weight is 181 g/mol. The topological polar surface area (TPSA) is 38.7 Å². The highest BCUT2D eigenvalue weighted by Gasteiger charge is 2.01. The molecule has 0 aromatic heterocycles. The van der Waals surface area contributed by atoms with Gasteiger partial charge in [0.15, 0.2) is 0 Å². The molecule has 0 bridgehead atoms. The first-order valence-corrected chi connectivity index (χ1v) is 7.46. The van der Waals surface area contributed by atoms with Crippen LogP contribution in [-0.4, -0.2) is 21.3 Å². The molecule has 0 aliphatic heterocycles. The summed E-state index contributed by atoms with van der Waals surface area (Å²) in [7, 11) is 1.83. The third kappa shape index (κ3) is 6.14. The molecule has 0 aliphatic carbocycles. The number of nitrogens with zero attached hydrogens (tertiary/aromatic N) is 1. The van der Waals surface area contributed by atoms with Crippen molar-refractivity contribution in [1.29, 1.82) is 0 Å². The monoisotopic (exact) mass is 181 g/mol. The van der Waals surface area contributed by atoms with Crippen molar-refractivity contribution >= 4 is 35.5 Å². The fourth-order valence-electron chi connectivity index (χ4n) is 0.192. The summed E-state index contributed by atoms with van der Waals surface area (Å²) >= 11 is 1.26. The predicted molar refractivity (Wildman–Crippen MR) is 43.3 cm³/mol. The molecule has 0 rings (SSSR count). The lowest BCUT2D eigenvalue weighted by Gasteiger charge is -1.95. The maximum Gasteiger partial charge on any atom is 0.252 e. The van der Waals surface area contributed by atoms with Crippen LogP contribution in [0, 0.1) is 0 Å². The van der Waals surface area contributed by atoms with E-state index in [1.807, 2.05) is 6.55 Å². The van der Waals surface area contributed by atoms with Crippen molar-refractivity contribution in [3.8, 4) is 0 Å². The van der Waals surface area contributed by atoms with Crippen molar-refractivity contribution in [1.82, 2.24) is 0 Å². The van der Waals surface area contributed by atoms with E-state index in [1.54, 1.807) is 7.11 Å². The first kappa shape index (κ1) is 9.26. The van der Waals surface area contributed by atoms with E-state index in [1.165, 1.54) is 27.4 Å². The van der Waals surface area contributed by atoms with Gasteiger partial charge in [-0.25, -0.2) is 9.45 Å². The van der Waals surface area contributed by atoms with E-state index in [9.17, 15) is 4.79 Å². The fraction of sp³-hybridized carbons (Fsp3) is 0.667. The summed E-state index contributed by atoms with van der Waals surface area (Å²) in [5.41, 5.74) is 0. The highest BCUT2D eigenvalue weighted by atomic mass is 33.2. The van der Waals surface area contributed by atoms with E-state index in [0.29, 0.717) is 0 Å². The minimum Gasteiger partial charge on any atom is -0.309 e. The molecule has 52 valence electrons. The molecule has 3 nitrogen and oxygen atoms in total. The predicted octanol–water partition coefficient (Wildman–Crippen LogP) is 1.12. The van der Waals surface area contributed by atoms with Gasteiger partial charge in [-0.2, -0.15) is 0 Å². The number of carbonyl (C=O) groups excluding carboxylic acids is 1. The van der Waals surface area contributed by atoms with Crippen LogP contribution in [0.5, 0.6) is 0 Å². The normalized spacial score (nSPS) is 12.2. The van der Waals surface area contributed by atoms with Crippen LogP contribution in [-0.2, 0) is 8.98 Å². The van der Waals surface area contributed by atoms with Gasteiger partial charge in [-0.05, 0) is 6.55 Å². The lowest BCUT2D eigenvalue weighted by molar-refractivity contribution is 0.498. The van der Waals surface area contributed by atoms with Gasteiger partial charge in [-0.1, -0.05) is 10.2 Å². The number of isocyanates is 1. The third-order valence-electron chi connectivity index (χ3n) is 0.481. The van der Waals surface area contributed by atoms with E-state index < -0.39 is 8.11 Å². The smallest absolute Gasteiger partial charge is 0.252 e. The van der Waals surface area contributed by atoms with Gasteiger partial charge in [-0.15, -0.1) is 0 Å². The Morgan fingerprint density at radius 3 is 2.89 bits per heavy atom. The van der Waals surface area contributed by atoms with E-state index in [2.05, 4.69) is 8.84 Å².